The van der Waals surface area contributed by atoms with Gasteiger partial charge in [0.25, 0.3) is 0 Å². The summed E-state index contributed by atoms with van der Waals surface area (Å²) in [6.45, 7) is 9.15. The van der Waals surface area contributed by atoms with E-state index in [4.69, 9.17) is 4.99 Å². The van der Waals surface area contributed by atoms with Crippen molar-refractivity contribution in [2.24, 2.45) is 26.7 Å². The fourth-order valence-electron chi connectivity index (χ4n) is 4.23. The topological polar surface area (TPSA) is 28.0 Å². The Hall–Kier alpha value is -1.12. The van der Waals surface area contributed by atoms with Gasteiger partial charge in [0.1, 0.15) is 0 Å². The molecule has 2 fully saturated rings. The summed E-state index contributed by atoms with van der Waals surface area (Å²) in [4.78, 5) is 11.6. The Morgan fingerprint density at radius 1 is 1.35 bits per heavy atom. The van der Waals surface area contributed by atoms with Crippen molar-refractivity contribution in [1.82, 2.24) is 4.90 Å². The third-order valence-electron chi connectivity index (χ3n) is 5.76. The summed E-state index contributed by atoms with van der Waals surface area (Å²) < 4.78 is 0. The van der Waals surface area contributed by atoms with E-state index in [1.807, 2.05) is 0 Å². The van der Waals surface area contributed by atoms with Crippen LogP contribution in [0.15, 0.2) is 21.8 Å². The first-order valence-corrected chi connectivity index (χ1v) is 6.66. The average molecular weight is 229 g/mol. The second-order valence-corrected chi connectivity index (χ2v) is 6.57. The van der Waals surface area contributed by atoms with Gasteiger partial charge in [0.15, 0.2) is 0 Å². The molecule has 2 atom stereocenters. The molecule has 3 nitrogen and oxygen atoms in total. The second-order valence-electron chi connectivity index (χ2n) is 6.57. The molecule has 2 saturated carbocycles. The Labute approximate surface area is 102 Å². The quantitative estimate of drug-likeness (QED) is 0.627. The third-order valence-corrected chi connectivity index (χ3v) is 5.76. The summed E-state index contributed by atoms with van der Waals surface area (Å²) in [7, 11) is 0. The monoisotopic (exact) mass is 229 g/mol. The van der Waals surface area contributed by atoms with Crippen LogP contribution in [0.4, 0.5) is 0 Å². The van der Waals surface area contributed by atoms with Crippen LogP contribution >= 0.6 is 0 Å². The zero-order valence-electron chi connectivity index (χ0n) is 10.8. The van der Waals surface area contributed by atoms with E-state index in [1.54, 1.807) is 0 Å². The van der Waals surface area contributed by atoms with Crippen LogP contribution < -0.4 is 0 Å². The van der Waals surface area contributed by atoms with Crippen LogP contribution in [0.5, 0.6) is 0 Å². The molecule has 2 aliphatic carbocycles. The zero-order chi connectivity index (χ0) is 11.8. The van der Waals surface area contributed by atoms with Crippen LogP contribution in [0.3, 0.4) is 0 Å². The highest BCUT2D eigenvalue weighted by molar-refractivity contribution is 6.15. The molecule has 0 spiro atoms. The van der Waals surface area contributed by atoms with E-state index in [1.165, 1.54) is 24.1 Å². The molecule has 17 heavy (non-hydrogen) atoms. The zero-order valence-corrected chi connectivity index (χ0v) is 10.8. The molecule has 0 N–H and O–H groups in total. The maximum atomic E-state index is 4.88. The maximum Gasteiger partial charge on any atom is 0.225 e. The van der Waals surface area contributed by atoms with Gasteiger partial charge in [-0.3, -0.25) is 0 Å². The maximum absolute atomic E-state index is 4.88. The molecule has 3 heteroatoms. The number of fused-ring (bicyclic) bond motifs is 6. The largest absolute Gasteiger partial charge is 0.315 e. The number of guanidine groups is 1. The van der Waals surface area contributed by atoms with E-state index in [0.717, 1.165) is 19.0 Å². The summed E-state index contributed by atoms with van der Waals surface area (Å²) >= 11 is 0. The van der Waals surface area contributed by atoms with Crippen LogP contribution in [-0.2, 0) is 0 Å². The van der Waals surface area contributed by atoms with Crippen LogP contribution in [0.2, 0.25) is 0 Å². The third kappa shape index (κ3) is 0.917. The van der Waals surface area contributed by atoms with Gasteiger partial charge in [-0.1, -0.05) is 20.8 Å². The van der Waals surface area contributed by atoms with Crippen LogP contribution in [-0.4, -0.2) is 29.7 Å². The second kappa shape index (κ2) is 2.65. The van der Waals surface area contributed by atoms with Crippen molar-refractivity contribution in [2.45, 2.75) is 33.6 Å². The lowest BCUT2D eigenvalue weighted by molar-refractivity contribution is 0.202. The summed E-state index contributed by atoms with van der Waals surface area (Å²) in [6, 6.07) is 0. The molecule has 0 saturated heterocycles. The Kier molecular flexibility index (Phi) is 1.54. The number of hydrogen-bond donors (Lipinski definition) is 0. The SMILES string of the molecule is CC1(C)[C@@H]2CC[C@@]1(C)C1=NC3=NCCN3C=C12. The number of rotatable bonds is 0. The lowest BCUT2D eigenvalue weighted by atomic mass is 9.70. The molecule has 2 aliphatic heterocycles. The average Bonchev–Trinajstić information content (AvgIpc) is 2.85. The van der Waals surface area contributed by atoms with Gasteiger partial charge in [-0.25, -0.2) is 9.98 Å². The first kappa shape index (κ1) is 9.86. The molecule has 0 unspecified atom stereocenters. The molecule has 0 radical (unpaired) electrons. The van der Waals surface area contributed by atoms with Gasteiger partial charge in [-0.05, 0) is 29.7 Å². The first-order chi connectivity index (χ1) is 8.04. The lowest BCUT2D eigenvalue weighted by Gasteiger charge is -2.34. The van der Waals surface area contributed by atoms with E-state index < -0.39 is 0 Å². The Morgan fingerprint density at radius 3 is 3.00 bits per heavy atom. The number of hydrogen-bond acceptors (Lipinski definition) is 3. The van der Waals surface area contributed by atoms with Gasteiger partial charge in [0, 0.05) is 18.2 Å². The van der Waals surface area contributed by atoms with Gasteiger partial charge < -0.3 is 4.90 Å². The standard InChI is InChI=1S/C14H19N3/c1-13(2)10-4-5-14(13,3)11-9(10)8-17-7-6-15-12(17)16-11/h8,10H,4-7H2,1-3H3/t10-,14+/m1/s1. The number of aliphatic imine (C=N–C) groups is 2. The van der Waals surface area contributed by atoms with Crippen molar-refractivity contribution >= 4 is 11.7 Å². The lowest BCUT2D eigenvalue weighted by Crippen LogP contribution is -2.36. The van der Waals surface area contributed by atoms with Crippen LogP contribution in [0.25, 0.3) is 0 Å². The number of allylic oxidation sites excluding steroid dienone is 1. The van der Waals surface area contributed by atoms with Gasteiger partial charge >= 0.3 is 0 Å². The highest BCUT2D eigenvalue weighted by Crippen LogP contribution is 2.66. The molecule has 0 amide bonds. The Morgan fingerprint density at radius 2 is 2.18 bits per heavy atom. The van der Waals surface area contributed by atoms with Crippen molar-refractivity contribution in [3.05, 3.63) is 11.8 Å². The predicted molar refractivity (Wildman–Crippen MR) is 69.1 cm³/mol. The van der Waals surface area contributed by atoms with E-state index in [-0.39, 0.29) is 5.41 Å². The molecule has 4 aliphatic rings. The number of nitrogens with zero attached hydrogens (tertiary/aromatic N) is 3. The van der Waals surface area contributed by atoms with E-state index in [9.17, 15) is 0 Å². The van der Waals surface area contributed by atoms with Crippen molar-refractivity contribution in [2.75, 3.05) is 13.1 Å². The fraction of sp³-hybridized carbons (Fsp3) is 0.714. The van der Waals surface area contributed by atoms with Gasteiger partial charge in [-0.15, -0.1) is 0 Å². The summed E-state index contributed by atoms with van der Waals surface area (Å²) in [5.41, 5.74) is 3.47. The fourth-order valence-corrected chi connectivity index (χ4v) is 4.23. The van der Waals surface area contributed by atoms with E-state index in [2.05, 4.69) is 36.9 Å². The Bertz CT molecular complexity index is 498. The van der Waals surface area contributed by atoms with Gasteiger partial charge in [-0.2, -0.15) is 0 Å². The van der Waals surface area contributed by atoms with Crippen LogP contribution in [0, 0.1) is 16.7 Å². The highest BCUT2D eigenvalue weighted by atomic mass is 15.3. The minimum Gasteiger partial charge on any atom is -0.315 e. The molecule has 0 aromatic carbocycles. The molecule has 0 aromatic rings. The minimum absolute atomic E-state index is 0.265. The van der Waals surface area contributed by atoms with Crippen molar-refractivity contribution in [3.63, 3.8) is 0 Å². The van der Waals surface area contributed by atoms with Crippen molar-refractivity contribution in [3.8, 4) is 0 Å². The van der Waals surface area contributed by atoms with E-state index in [0.29, 0.717) is 11.3 Å². The minimum atomic E-state index is 0.265. The molecular weight excluding hydrogens is 210 g/mol. The molecular formula is C14H19N3. The smallest absolute Gasteiger partial charge is 0.225 e. The molecule has 4 rings (SSSR count). The van der Waals surface area contributed by atoms with Gasteiger partial charge in [0.2, 0.25) is 5.96 Å². The summed E-state index contributed by atoms with van der Waals surface area (Å²) in [6.07, 6.45) is 4.95. The molecule has 2 bridgehead atoms. The Balaban J connectivity index is 1.93. The summed E-state index contributed by atoms with van der Waals surface area (Å²) in [5, 5.41) is 0. The molecule has 0 aromatic heterocycles. The summed E-state index contributed by atoms with van der Waals surface area (Å²) in [5.74, 6) is 1.65. The molecule has 90 valence electrons. The van der Waals surface area contributed by atoms with Crippen molar-refractivity contribution in [1.29, 1.82) is 0 Å². The first-order valence-electron chi connectivity index (χ1n) is 6.66. The van der Waals surface area contributed by atoms with Crippen molar-refractivity contribution < 1.29 is 0 Å². The molecule has 2 heterocycles. The van der Waals surface area contributed by atoms with E-state index >= 15 is 0 Å². The predicted octanol–water partition coefficient (Wildman–Crippen LogP) is 2.45. The highest BCUT2D eigenvalue weighted by Gasteiger charge is 2.63. The van der Waals surface area contributed by atoms with Gasteiger partial charge in [0.05, 0.1) is 12.3 Å². The normalized spacial score (nSPS) is 40.8. The van der Waals surface area contributed by atoms with Crippen LogP contribution in [0.1, 0.15) is 33.6 Å².